The summed E-state index contributed by atoms with van der Waals surface area (Å²) in [5, 5.41) is 0. The lowest BCUT2D eigenvalue weighted by atomic mass is 10.1. The first-order chi connectivity index (χ1) is 25.3. The Morgan fingerprint density at radius 1 is 0.519 bits per heavy atom. The van der Waals surface area contributed by atoms with Gasteiger partial charge in [-0.05, 0) is 83.5 Å². The van der Waals surface area contributed by atoms with Gasteiger partial charge in [0, 0.05) is 12.8 Å². The molecule has 0 aromatic carbocycles. The molecule has 0 radical (unpaired) electrons. The van der Waals surface area contributed by atoms with E-state index in [9.17, 15) is 14.2 Å². The average molecular weight is 749 g/mol. The zero-order chi connectivity index (χ0) is 38.2. The molecule has 0 aliphatic heterocycles. The van der Waals surface area contributed by atoms with Crippen LogP contribution in [0.25, 0.3) is 0 Å². The summed E-state index contributed by atoms with van der Waals surface area (Å²) >= 11 is 0. The number of phosphoric ester groups is 1. The summed E-state index contributed by atoms with van der Waals surface area (Å²) in [6.45, 7) is 3.51. The average Bonchev–Trinajstić information content (AvgIpc) is 3.11. The minimum Gasteiger partial charge on any atom is -0.462 e. The van der Waals surface area contributed by atoms with E-state index in [0.29, 0.717) is 12.8 Å². The maximum Gasteiger partial charge on any atom is 0.469 e. The Hall–Kier alpha value is -2.51. The van der Waals surface area contributed by atoms with E-state index in [0.717, 1.165) is 83.5 Å². The zero-order valence-corrected chi connectivity index (χ0v) is 33.6. The Bertz CT molecular complexity index is 1070. The molecule has 2 N–H and O–H groups in total. The molecule has 0 bridgehead atoms. The maximum atomic E-state index is 12.4. The number of hydrogen-bond donors (Lipinski definition) is 2. The summed E-state index contributed by atoms with van der Waals surface area (Å²) in [5.74, 6) is -0.927. The van der Waals surface area contributed by atoms with Crippen LogP contribution in [0.15, 0.2) is 72.9 Å². The smallest absolute Gasteiger partial charge is 0.462 e. The van der Waals surface area contributed by atoms with Crippen molar-refractivity contribution in [3.63, 3.8) is 0 Å². The quantitative estimate of drug-likeness (QED) is 0.0281. The first-order valence-corrected chi connectivity index (χ1v) is 21.8. The molecule has 0 spiro atoms. The number of rotatable bonds is 36. The highest BCUT2D eigenvalue weighted by molar-refractivity contribution is 7.46. The molecule has 298 valence electrons. The summed E-state index contributed by atoms with van der Waals surface area (Å²) in [7, 11) is -4.77. The zero-order valence-electron chi connectivity index (χ0n) is 32.7. The van der Waals surface area contributed by atoms with E-state index in [1.54, 1.807) is 0 Å². The number of esters is 2. The second kappa shape index (κ2) is 38.2. The van der Waals surface area contributed by atoms with Gasteiger partial charge in [-0.25, -0.2) is 4.57 Å². The molecule has 0 aromatic rings. The van der Waals surface area contributed by atoms with Crippen LogP contribution in [0, 0.1) is 0 Å². The van der Waals surface area contributed by atoms with Gasteiger partial charge in [0.15, 0.2) is 6.10 Å². The standard InChI is InChI=1S/C43H73O8P/c1-3-5-7-9-11-13-15-17-19-21-23-25-27-29-31-33-35-37-42(44)49-39-41(40-50-52(46,47)48)51-43(45)38-36-34-32-30-28-26-24-22-20-18-16-14-12-10-8-6-4-2/h6,8,11-14,17-20,24,26,41H,3-5,7,9-10,15-16,21-23,25,27-40H2,1-2H3,(H2,46,47,48)/b8-6-,13-11-,14-12-,19-17-,20-18-,26-24-/t41-/m1/s1. The largest absolute Gasteiger partial charge is 0.469 e. The molecule has 0 amide bonds. The van der Waals surface area contributed by atoms with Gasteiger partial charge in [-0.15, -0.1) is 0 Å². The van der Waals surface area contributed by atoms with Gasteiger partial charge in [-0.2, -0.15) is 0 Å². The van der Waals surface area contributed by atoms with E-state index in [4.69, 9.17) is 19.3 Å². The van der Waals surface area contributed by atoms with Crippen molar-refractivity contribution >= 4 is 19.8 Å². The van der Waals surface area contributed by atoms with Gasteiger partial charge in [0.25, 0.3) is 0 Å². The number of hydrogen-bond acceptors (Lipinski definition) is 6. The van der Waals surface area contributed by atoms with Crippen LogP contribution in [-0.4, -0.2) is 41.0 Å². The van der Waals surface area contributed by atoms with Gasteiger partial charge in [0.2, 0.25) is 0 Å². The Morgan fingerprint density at radius 2 is 0.923 bits per heavy atom. The molecule has 9 heteroatoms. The monoisotopic (exact) mass is 749 g/mol. The molecule has 0 saturated heterocycles. The predicted octanol–water partition coefficient (Wildman–Crippen LogP) is 12.3. The molecular weight excluding hydrogens is 675 g/mol. The van der Waals surface area contributed by atoms with Crippen molar-refractivity contribution < 1.29 is 37.9 Å². The van der Waals surface area contributed by atoms with Crippen LogP contribution in [0.1, 0.15) is 168 Å². The van der Waals surface area contributed by atoms with Crippen LogP contribution < -0.4 is 0 Å². The normalized spacial score (nSPS) is 13.2. The molecule has 52 heavy (non-hydrogen) atoms. The summed E-state index contributed by atoms with van der Waals surface area (Å²) in [6.07, 6.45) is 49.0. The second-order valence-corrected chi connectivity index (χ2v) is 14.5. The Morgan fingerprint density at radius 3 is 1.38 bits per heavy atom. The van der Waals surface area contributed by atoms with Crippen LogP contribution in [0.5, 0.6) is 0 Å². The number of unbranched alkanes of at least 4 members (excludes halogenated alkanes) is 14. The van der Waals surface area contributed by atoms with Crippen molar-refractivity contribution in [2.24, 2.45) is 0 Å². The first kappa shape index (κ1) is 49.5. The highest BCUT2D eigenvalue weighted by atomic mass is 31.2. The molecule has 0 fully saturated rings. The van der Waals surface area contributed by atoms with E-state index in [1.807, 2.05) is 0 Å². The molecule has 0 aliphatic carbocycles. The summed E-state index contributed by atoms with van der Waals surface area (Å²) in [4.78, 5) is 42.8. The van der Waals surface area contributed by atoms with E-state index < -0.39 is 32.5 Å². The molecule has 8 nitrogen and oxygen atoms in total. The number of ether oxygens (including phenoxy) is 2. The number of carbonyl (C=O) groups excluding carboxylic acids is 2. The topological polar surface area (TPSA) is 119 Å². The molecule has 0 aromatic heterocycles. The molecule has 0 heterocycles. The van der Waals surface area contributed by atoms with E-state index in [2.05, 4.69) is 91.3 Å². The van der Waals surface area contributed by atoms with Crippen LogP contribution in [-0.2, 0) is 28.2 Å². The second-order valence-electron chi connectivity index (χ2n) is 13.2. The van der Waals surface area contributed by atoms with Crippen molar-refractivity contribution in [3.8, 4) is 0 Å². The molecule has 0 aliphatic rings. The van der Waals surface area contributed by atoms with Crippen LogP contribution in [0.3, 0.4) is 0 Å². The molecule has 0 unspecified atom stereocenters. The third kappa shape index (κ3) is 40.3. The summed E-state index contributed by atoms with van der Waals surface area (Å²) in [5.41, 5.74) is 0. The third-order valence-electron chi connectivity index (χ3n) is 8.21. The van der Waals surface area contributed by atoms with Gasteiger partial charge in [0.1, 0.15) is 6.61 Å². The lowest BCUT2D eigenvalue weighted by Gasteiger charge is -2.18. The van der Waals surface area contributed by atoms with Gasteiger partial charge in [-0.3, -0.25) is 14.1 Å². The van der Waals surface area contributed by atoms with Crippen molar-refractivity contribution in [1.29, 1.82) is 0 Å². The van der Waals surface area contributed by atoms with Gasteiger partial charge < -0.3 is 19.3 Å². The van der Waals surface area contributed by atoms with Crippen molar-refractivity contribution in [1.82, 2.24) is 0 Å². The Balaban J connectivity index is 4.01. The minimum absolute atomic E-state index is 0.178. The van der Waals surface area contributed by atoms with E-state index >= 15 is 0 Å². The number of phosphoric acid groups is 1. The van der Waals surface area contributed by atoms with Crippen molar-refractivity contribution in [3.05, 3.63) is 72.9 Å². The summed E-state index contributed by atoms with van der Waals surface area (Å²) in [6, 6.07) is 0. The molecule has 0 rings (SSSR count). The van der Waals surface area contributed by atoms with Gasteiger partial charge in [0.05, 0.1) is 6.61 Å². The Kier molecular flexibility index (Phi) is 36.4. The fourth-order valence-electron chi connectivity index (χ4n) is 5.22. The number of allylic oxidation sites excluding steroid dienone is 12. The fourth-order valence-corrected chi connectivity index (χ4v) is 5.58. The molecular formula is C43H73O8P. The summed E-state index contributed by atoms with van der Waals surface area (Å²) < 4.78 is 26.3. The van der Waals surface area contributed by atoms with Crippen LogP contribution >= 0.6 is 7.82 Å². The SMILES string of the molecule is CC/C=C\C/C=C\C/C=C\C/C=C\CCCCCCC(=O)O[C@H](COC(=O)CCCCCCCCC/C=C\C/C=C\CCCCC)COP(=O)(O)O. The van der Waals surface area contributed by atoms with Crippen LogP contribution in [0.4, 0.5) is 0 Å². The highest BCUT2D eigenvalue weighted by Gasteiger charge is 2.22. The van der Waals surface area contributed by atoms with Gasteiger partial charge in [-0.1, -0.05) is 145 Å². The third-order valence-corrected chi connectivity index (χ3v) is 8.69. The minimum atomic E-state index is -4.77. The van der Waals surface area contributed by atoms with E-state index in [-0.39, 0.29) is 19.4 Å². The van der Waals surface area contributed by atoms with Crippen molar-refractivity contribution in [2.75, 3.05) is 13.2 Å². The van der Waals surface area contributed by atoms with Crippen molar-refractivity contribution in [2.45, 2.75) is 174 Å². The van der Waals surface area contributed by atoms with E-state index in [1.165, 1.54) is 44.9 Å². The Labute approximate surface area is 317 Å². The van der Waals surface area contributed by atoms with Gasteiger partial charge >= 0.3 is 19.8 Å². The van der Waals surface area contributed by atoms with Crippen LogP contribution in [0.2, 0.25) is 0 Å². The number of carbonyl (C=O) groups is 2. The molecule has 0 saturated carbocycles. The highest BCUT2D eigenvalue weighted by Crippen LogP contribution is 2.36. The lowest BCUT2D eigenvalue weighted by molar-refractivity contribution is -0.161. The molecule has 1 atom stereocenters. The predicted molar refractivity (Wildman–Crippen MR) is 216 cm³/mol. The first-order valence-electron chi connectivity index (χ1n) is 20.2. The maximum absolute atomic E-state index is 12.4. The lowest BCUT2D eigenvalue weighted by Crippen LogP contribution is -2.29. The fraction of sp³-hybridized carbons (Fsp3) is 0.674.